The van der Waals surface area contributed by atoms with E-state index in [1.54, 1.807) is 7.05 Å². The molecule has 1 aromatic carbocycles. The van der Waals surface area contributed by atoms with Crippen molar-refractivity contribution in [3.8, 4) is 0 Å². The molecule has 0 spiro atoms. The third-order valence-electron chi connectivity index (χ3n) is 1.88. The van der Waals surface area contributed by atoms with E-state index in [1.165, 1.54) is 12.1 Å². The van der Waals surface area contributed by atoms with Gasteiger partial charge in [-0.05, 0) is 19.2 Å². The Bertz CT molecular complexity index is 368. The minimum absolute atomic E-state index is 0.0758. The average Bonchev–Trinajstić information content (AvgIpc) is 2.18. The van der Waals surface area contributed by atoms with Gasteiger partial charge in [-0.1, -0.05) is 17.7 Å². The van der Waals surface area contributed by atoms with Crippen LogP contribution in [0.5, 0.6) is 0 Å². The van der Waals surface area contributed by atoms with Gasteiger partial charge in [0.25, 0.3) is 6.43 Å². The summed E-state index contributed by atoms with van der Waals surface area (Å²) in [5.74, 6) is -0.301. The Kier molecular flexibility index (Phi) is 4.17. The maximum atomic E-state index is 12.4. The topological polar surface area (TPSA) is 29.1 Å². The molecule has 0 aliphatic heterocycles. The maximum Gasteiger partial charge on any atom is 0.263 e. The van der Waals surface area contributed by atoms with Gasteiger partial charge in [0.15, 0.2) is 5.78 Å². The summed E-state index contributed by atoms with van der Waals surface area (Å²) in [7, 11) is 1.60. The van der Waals surface area contributed by atoms with Gasteiger partial charge in [-0.3, -0.25) is 4.79 Å². The maximum absolute atomic E-state index is 12.4. The smallest absolute Gasteiger partial charge is 0.263 e. The molecule has 0 atom stereocenters. The van der Waals surface area contributed by atoms with Gasteiger partial charge in [0, 0.05) is 11.1 Å². The predicted octanol–water partition coefficient (Wildman–Crippen LogP) is 2.68. The van der Waals surface area contributed by atoms with E-state index in [4.69, 9.17) is 11.6 Å². The van der Waals surface area contributed by atoms with Gasteiger partial charge in [-0.25, -0.2) is 8.78 Å². The van der Waals surface area contributed by atoms with E-state index in [0.29, 0.717) is 0 Å². The summed E-state index contributed by atoms with van der Waals surface area (Å²) < 4.78 is 24.7. The van der Waals surface area contributed by atoms with Crippen LogP contribution in [0, 0.1) is 0 Å². The normalized spacial score (nSPS) is 10.7. The molecule has 0 bridgehead atoms. The fraction of sp³-hybridized carbons (Fsp3) is 0.300. The predicted molar refractivity (Wildman–Crippen MR) is 54.7 cm³/mol. The van der Waals surface area contributed by atoms with Gasteiger partial charge < -0.3 is 5.32 Å². The van der Waals surface area contributed by atoms with Crippen LogP contribution < -0.4 is 5.32 Å². The molecule has 15 heavy (non-hydrogen) atoms. The standard InChI is InChI=1S/C10H10ClF2NO/c1-14-5-9(15)7-4-6(10(12)13)2-3-8(7)11/h2-4,10,14H,5H2,1H3. The second-order valence-electron chi connectivity index (χ2n) is 2.99. The Morgan fingerprint density at radius 1 is 1.53 bits per heavy atom. The molecule has 1 rings (SSSR count). The van der Waals surface area contributed by atoms with Crippen molar-refractivity contribution >= 4 is 17.4 Å². The highest BCUT2D eigenvalue weighted by molar-refractivity contribution is 6.34. The molecule has 0 saturated heterocycles. The number of alkyl halides is 2. The lowest BCUT2D eigenvalue weighted by molar-refractivity contribution is 0.0993. The molecule has 82 valence electrons. The molecule has 5 heteroatoms. The number of ketones is 1. The first kappa shape index (κ1) is 12.1. The highest BCUT2D eigenvalue weighted by atomic mass is 35.5. The SMILES string of the molecule is CNCC(=O)c1cc(C(F)F)ccc1Cl. The molecule has 0 fully saturated rings. The number of carbonyl (C=O) groups is 1. The van der Waals surface area contributed by atoms with E-state index in [1.807, 2.05) is 0 Å². The summed E-state index contributed by atoms with van der Waals surface area (Å²) in [6.45, 7) is 0.0758. The summed E-state index contributed by atoms with van der Waals surface area (Å²) >= 11 is 5.74. The van der Waals surface area contributed by atoms with E-state index < -0.39 is 6.43 Å². The first-order chi connectivity index (χ1) is 7.06. The molecule has 0 unspecified atom stereocenters. The lowest BCUT2D eigenvalue weighted by Gasteiger charge is -2.06. The quantitative estimate of drug-likeness (QED) is 0.811. The van der Waals surface area contributed by atoms with Crippen LogP contribution in [0.15, 0.2) is 18.2 Å². The first-order valence-corrected chi connectivity index (χ1v) is 4.69. The summed E-state index contributed by atoms with van der Waals surface area (Å²) in [5.41, 5.74) is -0.0670. The Labute approximate surface area is 91.2 Å². The summed E-state index contributed by atoms with van der Waals surface area (Å²) in [5, 5.41) is 2.84. The third kappa shape index (κ3) is 2.97. The van der Waals surface area contributed by atoms with Gasteiger partial charge >= 0.3 is 0 Å². The number of carbonyl (C=O) groups excluding carboxylic acids is 1. The number of rotatable bonds is 4. The molecule has 0 amide bonds. The summed E-state index contributed by atoms with van der Waals surface area (Å²) in [4.78, 5) is 11.4. The molecule has 0 aromatic heterocycles. The summed E-state index contributed by atoms with van der Waals surface area (Å²) in [6, 6.07) is 3.65. The van der Waals surface area contributed by atoms with Crippen LogP contribution in [0.25, 0.3) is 0 Å². The van der Waals surface area contributed by atoms with Crippen molar-refractivity contribution in [2.45, 2.75) is 6.43 Å². The van der Waals surface area contributed by atoms with Crippen molar-refractivity contribution in [2.24, 2.45) is 0 Å². The second-order valence-corrected chi connectivity index (χ2v) is 3.40. The zero-order valence-corrected chi connectivity index (χ0v) is 8.81. The van der Waals surface area contributed by atoms with Gasteiger partial charge in [0.1, 0.15) is 0 Å². The van der Waals surface area contributed by atoms with E-state index in [-0.39, 0.29) is 28.5 Å². The van der Waals surface area contributed by atoms with E-state index in [2.05, 4.69) is 5.32 Å². The Balaban J connectivity index is 3.05. The van der Waals surface area contributed by atoms with Gasteiger partial charge in [0.05, 0.1) is 11.6 Å². The highest BCUT2D eigenvalue weighted by Gasteiger charge is 2.14. The molecule has 0 aliphatic rings. The fourth-order valence-electron chi connectivity index (χ4n) is 1.15. The number of Topliss-reactive ketones (excluding diaryl/α,β-unsaturated/α-hetero) is 1. The Morgan fingerprint density at radius 3 is 2.73 bits per heavy atom. The van der Waals surface area contributed by atoms with Crippen molar-refractivity contribution in [1.82, 2.24) is 5.32 Å². The summed E-state index contributed by atoms with van der Waals surface area (Å²) in [6.07, 6.45) is -2.59. The number of benzene rings is 1. The van der Waals surface area contributed by atoms with Crippen molar-refractivity contribution in [2.75, 3.05) is 13.6 Å². The fourth-order valence-corrected chi connectivity index (χ4v) is 1.37. The van der Waals surface area contributed by atoms with E-state index in [9.17, 15) is 13.6 Å². The van der Waals surface area contributed by atoms with Gasteiger partial charge in [-0.2, -0.15) is 0 Å². The van der Waals surface area contributed by atoms with Crippen molar-refractivity contribution in [3.63, 3.8) is 0 Å². The van der Waals surface area contributed by atoms with Crippen LogP contribution in [0.3, 0.4) is 0 Å². The minimum Gasteiger partial charge on any atom is -0.313 e. The first-order valence-electron chi connectivity index (χ1n) is 4.31. The number of likely N-dealkylation sites (N-methyl/N-ethyl adjacent to an activating group) is 1. The number of hydrogen-bond donors (Lipinski definition) is 1. The number of hydrogen-bond acceptors (Lipinski definition) is 2. The Hall–Kier alpha value is -1.00. The van der Waals surface area contributed by atoms with Crippen LogP contribution in [0.4, 0.5) is 8.78 Å². The molecule has 0 radical (unpaired) electrons. The molecule has 1 aromatic rings. The average molecular weight is 234 g/mol. The van der Waals surface area contributed by atoms with E-state index in [0.717, 1.165) is 6.07 Å². The lowest BCUT2D eigenvalue weighted by atomic mass is 10.1. The molecule has 2 nitrogen and oxygen atoms in total. The monoisotopic (exact) mass is 233 g/mol. The minimum atomic E-state index is -2.59. The van der Waals surface area contributed by atoms with Crippen LogP contribution in [-0.2, 0) is 0 Å². The number of nitrogens with one attached hydrogen (secondary N) is 1. The number of halogens is 3. The zero-order chi connectivity index (χ0) is 11.4. The largest absolute Gasteiger partial charge is 0.313 e. The second kappa shape index (κ2) is 5.19. The highest BCUT2D eigenvalue weighted by Crippen LogP contribution is 2.24. The van der Waals surface area contributed by atoms with Crippen molar-refractivity contribution in [1.29, 1.82) is 0 Å². The van der Waals surface area contributed by atoms with Gasteiger partial charge in [-0.15, -0.1) is 0 Å². The van der Waals surface area contributed by atoms with Crippen LogP contribution in [0.2, 0.25) is 5.02 Å². The van der Waals surface area contributed by atoms with Crippen molar-refractivity contribution in [3.05, 3.63) is 34.3 Å². The van der Waals surface area contributed by atoms with Gasteiger partial charge in [0.2, 0.25) is 0 Å². The van der Waals surface area contributed by atoms with Crippen LogP contribution >= 0.6 is 11.6 Å². The van der Waals surface area contributed by atoms with E-state index >= 15 is 0 Å². The molecule has 0 saturated carbocycles. The third-order valence-corrected chi connectivity index (χ3v) is 2.21. The Morgan fingerprint density at radius 2 is 2.20 bits per heavy atom. The molecule has 0 heterocycles. The zero-order valence-electron chi connectivity index (χ0n) is 8.06. The lowest BCUT2D eigenvalue weighted by Crippen LogP contribution is -2.19. The van der Waals surface area contributed by atoms with Crippen molar-refractivity contribution < 1.29 is 13.6 Å². The molecular formula is C10H10ClF2NO. The molecule has 0 aliphatic carbocycles. The molecular weight excluding hydrogens is 224 g/mol. The van der Waals surface area contributed by atoms with Crippen LogP contribution in [0.1, 0.15) is 22.3 Å². The molecule has 1 N–H and O–H groups in total. The van der Waals surface area contributed by atoms with Crippen LogP contribution in [-0.4, -0.2) is 19.4 Å².